The maximum atomic E-state index is 13.1. The molecule has 0 aliphatic carbocycles. The lowest BCUT2D eigenvalue weighted by Gasteiger charge is -2.32. The van der Waals surface area contributed by atoms with Crippen molar-refractivity contribution in [2.24, 2.45) is 0 Å². The van der Waals surface area contributed by atoms with Gasteiger partial charge in [-0.3, -0.25) is 14.6 Å². The molecule has 0 radical (unpaired) electrons. The summed E-state index contributed by atoms with van der Waals surface area (Å²) in [4.78, 5) is 6.71. The van der Waals surface area contributed by atoms with Crippen molar-refractivity contribution in [2.45, 2.75) is 31.3 Å². The Morgan fingerprint density at radius 1 is 1.16 bits per heavy atom. The monoisotopic (exact) mass is 454 g/mol. The first-order chi connectivity index (χ1) is 15.3. The third kappa shape index (κ3) is 5.32. The maximum Gasteiger partial charge on any atom is 0.263 e. The average molecular weight is 455 g/mol. The highest BCUT2D eigenvalue weighted by molar-refractivity contribution is 7.92. The number of aryl methyl sites for hydroxylation is 1. The minimum atomic E-state index is -3.77. The second-order valence-electron chi connectivity index (χ2n) is 8.22. The summed E-state index contributed by atoms with van der Waals surface area (Å²) in [7, 11) is -3.77. The molecule has 6 nitrogen and oxygen atoms in total. The first-order valence-electron chi connectivity index (χ1n) is 10.6. The number of nitrogens with zero attached hydrogens (tertiary/aromatic N) is 2. The average Bonchev–Trinajstić information content (AvgIpc) is 2.76. The second-order valence-corrected chi connectivity index (χ2v) is 9.91. The van der Waals surface area contributed by atoms with Crippen LogP contribution in [-0.4, -0.2) is 44.0 Å². The second kappa shape index (κ2) is 9.36. The van der Waals surface area contributed by atoms with Crippen molar-refractivity contribution in [3.8, 4) is 11.3 Å². The van der Waals surface area contributed by atoms with Gasteiger partial charge in [0.25, 0.3) is 10.0 Å². The van der Waals surface area contributed by atoms with Crippen LogP contribution >= 0.6 is 0 Å². The van der Waals surface area contributed by atoms with E-state index in [1.54, 1.807) is 24.3 Å². The molecule has 1 aliphatic rings. The molecule has 2 aromatic carbocycles. The molecule has 1 saturated heterocycles. The molecule has 4 rings (SSSR count). The molecule has 8 heteroatoms. The molecule has 1 aliphatic heterocycles. The van der Waals surface area contributed by atoms with Crippen LogP contribution in [-0.2, 0) is 16.6 Å². The van der Waals surface area contributed by atoms with E-state index >= 15 is 0 Å². The van der Waals surface area contributed by atoms with Gasteiger partial charge in [-0.15, -0.1) is 0 Å². The summed E-state index contributed by atoms with van der Waals surface area (Å²) in [5.41, 5.74) is 4.04. The number of pyridine rings is 1. The Hall–Kier alpha value is -2.81. The Morgan fingerprint density at radius 3 is 2.59 bits per heavy atom. The van der Waals surface area contributed by atoms with Crippen LogP contribution < -0.4 is 10.0 Å². The number of hydrogen-bond acceptors (Lipinski definition) is 5. The number of aromatic nitrogens is 1. The zero-order valence-electron chi connectivity index (χ0n) is 18.2. The van der Waals surface area contributed by atoms with Gasteiger partial charge in [0.1, 0.15) is 10.7 Å². The number of nitrogens with one attached hydrogen (secondary N) is 2. The summed E-state index contributed by atoms with van der Waals surface area (Å²) in [5, 5.41) is 3.44. The Morgan fingerprint density at radius 2 is 1.94 bits per heavy atom. The fourth-order valence-electron chi connectivity index (χ4n) is 3.88. The Bertz CT molecular complexity index is 1180. The van der Waals surface area contributed by atoms with Crippen molar-refractivity contribution in [1.82, 2.24) is 15.2 Å². The van der Waals surface area contributed by atoms with E-state index in [2.05, 4.69) is 26.8 Å². The summed E-state index contributed by atoms with van der Waals surface area (Å²) >= 11 is 0. The van der Waals surface area contributed by atoms with Crippen molar-refractivity contribution in [3.63, 3.8) is 0 Å². The minimum Gasteiger partial charge on any atom is -0.312 e. The van der Waals surface area contributed by atoms with E-state index in [-0.39, 0.29) is 10.7 Å². The highest BCUT2D eigenvalue weighted by Gasteiger charge is 2.18. The van der Waals surface area contributed by atoms with Crippen molar-refractivity contribution in [3.05, 3.63) is 77.7 Å². The molecule has 0 spiro atoms. The van der Waals surface area contributed by atoms with Gasteiger partial charge < -0.3 is 5.32 Å². The number of rotatable bonds is 6. The largest absolute Gasteiger partial charge is 0.312 e. The molecule has 2 heterocycles. The summed E-state index contributed by atoms with van der Waals surface area (Å²) in [6.07, 6.45) is 1.31. The predicted molar refractivity (Wildman–Crippen MR) is 124 cm³/mol. The van der Waals surface area contributed by atoms with E-state index in [0.29, 0.717) is 23.0 Å². The van der Waals surface area contributed by atoms with E-state index in [0.717, 1.165) is 31.7 Å². The summed E-state index contributed by atoms with van der Waals surface area (Å²) in [6, 6.07) is 15.1. The number of piperazine rings is 1. The van der Waals surface area contributed by atoms with Gasteiger partial charge in [0.15, 0.2) is 0 Å². The van der Waals surface area contributed by atoms with Gasteiger partial charge in [-0.05, 0) is 73.5 Å². The van der Waals surface area contributed by atoms with Crippen LogP contribution in [0.15, 0.2) is 65.7 Å². The van der Waals surface area contributed by atoms with Crippen LogP contribution in [0.4, 0.5) is 10.1 Å². The lowest BCUT2D eigenvalue weighted by atomic mass is 10.1. The lowest BCUT2D eigenvalue weighted by Crippen LogP contribution is -2.48. The van der Waals surface area contributed by atoms with Crippen LogP contribution in [0.3, 0.4) is 0 Å². The molecule has 3 aromatic rings. The smallest absolute Gasteiger partial charge is 0.263 e. The Balaban J connectivity index is 1.45. The van der Waals surface area contributed by atoms with E-state index < -0.39 is 10.0 Å². The van der Waals surface area contributed by atoms with Crippen molar-refractivity contribution < 1.29 is 12.8 Å². The number of hydrogen-bond donors (Lipinski definition) is 2. The maximum absolute atomic E-state index is 13.1. The molecule has 0 unspecified atom stereocenters. The van der Waals surface area contributed by atoms with Crippen LogP contribution in [0, 0.1) is 12.7 Å². The molecular formula is C24H27FN4O2S. The summed E-state index contributed by atoms with van der Waals surface area (Å²) in [6.45, 7) is 8.00. The fraction of sp³-hybridized carbons (Fsp3) is 0.292. The first-order valence-corrected chi connectivity index (χ1v) is 12.1. The van der Waals surface area contributed by atoms with Gasteiger partial charge in [0.05, 0.1) is 5.69 Å². The van der Waals surface area contributed by atoms with Gasteiger partial charge in [-0.25, -0.2) is 12.8 Å². The SMILES string of the molecule is Cc1cc(NS(=O)(=O)c2ccc(-c3ccc(F)cc3)nc2)ccc1CN1CCN[C@@H](C)C1. The molecule has 1 fully saturated rings. The van der Waals surface area contributed by atoms with Gasteiger partial charge in [-0.1, -0.05) is 6.07 Å². The summed E-state index contributed by atoms with van der Waals surface area (Å²) < 4.78 is 41.4. The van der Waals surface area contributed by atoms with E-state index in [9.17, 15) is 12.8 Å². The molecule has 1 atom stereocenters. The highest BCUT2D eigenvalue weighted by atomic mass is 32.2. The van der Waals surface area contributed by atoms with Crippen molar-refractivity contribution in [1.29, 1.82) is 0 Å². The van der Waals surface area contributed by atoms with Gasteiger partial charge in [-0.2, -0.15) is 0 Å². The van der Waals surface area contributed by atoms with Gasteiger partial charge in [0, 0.05) is 49.7 Å². The highest BCUT2D eigenvalue weighted by Crippen LogP contribution is 2.23. The molecule has 0 bridgehead atoms. The van der Waals surface area contributed by atoms with Gasteiger partial charge in [0.2, 0.25) is 0 Å². The molecule has 1 aromatic heterocycles. The number of sulfonamides is 1. The lowest BCUT2D eigenvalue weighted by molar-refractivity contribution is 0.199. The zero-order valence-corrected chi connectivity index (χ0v) is 19.0. The predicted octanol–water partition coefficient (Wildman–Crippen LogP) is 3.79. The van der Waals surface area contributed by atoms with Crippen LogP contribution in [0.5, 0.6) is 0 Å². The Labute approximate surface area is 188 Å². The summed E-state index contributed by atoms with van der Waals surface area (Å²) in [5.74, 6) is -0.332. The number of anilines is 1. The van der Waals surface area contributed by atoms with Gasteiger partial charge >= 0.3 is 0 Å². The van der Waals surface area contributed by atoms with E-state index in [1.807, 2.05) is 19.1 Å². The van der Waals surface area contributed by atoms with Crippen LogP contribution in [0.1, 0.15) is 18.1 Å². The molecular weight excluding hydrogens is 427 g/mol. The zero-order chi connectivity index (χ0) is 22.7. The molecule has 0 amide bonds. The third-order valence-electron chi connectivity index (χ3n) is 5.63. The third-order valence-corrected chi connectivity index (χ3v) is 6.99. The van der Waals surface area contributed by atoms with Crippen molar-refractivity contribution in [2.75, 3.05) is 24.4 Å². The Kier molecular flexibility index (Phi) is 6.55. The van der Waals surface area contributed by atoms with Crippen LogP contribution in [0.25, 0.3) is 11.3 Å². The quantitative estimate of drug-likeness (QED) is 0.593. The molecule has 0 saturated carbocycles. The van der Waals surface area contributed by atoms with E-state index in [1.165, 1.54) is 30.0 Å². The van der Waals surface area contributed by atoms with Crippen LogP contribution in [0.2, 0.25) is 0 Å². The van der Waals surface area contributed by atoms with E-state index in [4.69, 9.17) is 0 Å². The number of benzene rings is 2. The molecule has 32 heavy (non-hydrogen) atoms. The number of halogens is 1. The normalized spacial score (nSPS) is 17.3. The topological polar surface area (TPSA) is 74.3 Å². The standard InChI is InChI=1S/C24H27FN4O2S/c1-17-13-22(8-5-20(17)16-29-12-11-26-18(2)15-29)28-32(30,31)23-9-10-24(27-14-23)19-3-6-21(25)7-4-19/h3-10,13-14,18,26,28H,11-12,15-16H2,1-2H3/t18-/m0/s1. The fourth-order valence-corrected chi connectivity index (χ4v) is 4.87. The minimum absolute atomic E-state index is 0.0693. The molecule has 2 N–H and O–H groups in total. The first kappa shape index (κ1) is 22.4. The van der Waals surface area contributed by atoms with Crippen molar-refractivity contribution >= 4 is 15.7 Å². The molecule has 168 valence electrons.